The van der Waals surface area contributed by atoms with Gasteiger partial charge in [0.2, 0.25) is 0 Å². The Balaban J connectivity index is 3.24. The summed E-state index contributed by atoms with van der Waals surface area (Å²) in [5, 5.41) is 18.7. The van der Waals surface area contributed by atoms with Crippen molar-refractivity contribution >= 4 is 11.4 Å². The third kappa shape index (κ3) is 2.46. The highest BCUT2D eigenvalue weighted by molar-refractivity contribution is 5.61. The number of nitriles is 1. The monoisotopic (exact) mass is 219 g/mol. The standard InChI is InChI=1S/C10H6FN3O2/c11-9-6-8(14(15)16)5-7(10(9)13)3-1-2-4-12/h5-6H,2,13H2. The lowest BCUT2D eigenvalue weighted by Crippen LogP contribution is -1.98. The topological polar surface area (TPSA) is 92.9 Å². The van der Waals surface area contributed by atoms with Crippen LogP contribution in [0.25, 0.3) is 0 Å². The van der Waals surface area contributed by atoms with Crippen molar-refractivity contribution in [1.82, 2.24) is 0 Å². The quantitative estimate of drug-likeness (QED) is 0.336. The Labute approximate surface area is 90.4 Å². The maximum Gasteiger partial charge on any atom is 0.273 e. The first-order chi connectivity index (χ1) is 7.56. The first kappa shape index (κ1) is 11.5. The summed E-state index contributed by atoms with van der Waals surface area (Å²) in [6.07, 6.45) is -0.0518. The number of halogens is 1. The van der Waals surface area contributed by atoms with Crippen molar-refractivity contribution in [3.63, 3.8) is 0 Å². The lowest BCUT2D eigenvalue weighted by Gasteiger charge is -1.99. The second kappa shape index (κ2) is 4.76. The van der Waals surface area contributed by atoms with E-state index >= 15 is 0 Å². The fourth-order valence-electron chi connectivity index (χ4n) is 0.991. The van der Waals surface area contributed by atoms with Gasteiger partial charge < -0.3 is 5.73 Å². The van der Waals surface area contributed by atoms with Gasteiger partial charge in [-0.2, -0.15) is 5.26 Å². The van der Waals surface area contributed by atoms with Crippen LogP contribution in [0, 0.1) is 39.1 Å². The first-order valence-corrected chi connectivity index (χ1v) is 4.15. The van der Waals surface area contributed by atoms with Gasteiger partial charge in [-0.15, -0.1) is 0 Å². The molecule has 0 atom stereocenters. The number of hydrogen-bond donors (Lipinski definition) is 1. The number of hydrogen-bond acceptors (Lipinski definition) is 4. The van der Waals surface area contributed by atoms with Crippen molar-refractivity contribution in [2.24, 2.45) is 0 Å². The maximum atomic E-state index is 13.1. The zero-order chi connectivity index (χ0) is 12.1. The lowest BCUT2D eigenvalue weighted by molar-refractivity contribution is -0.385. The second-order valence-electron chi connectivity index (χ2n) is 2.78. The van der Waals surface area contributed by atoms with Crippen LogP contribution in [0.2, 0.25) is 0 Å². The number of nitrogens with two attached hydrogens (primary N) is 1. The molecule has 0 heterocycles. The lowest BCUT2D eigenvalue weighted by atomic mass is 10.1. The summed E-state index contributed by atoms with van der Waals surface area (Å²) in [6.45, 7) is 0. The smallest absolute Gasteiger partial charge is 0.273 e. The Morgan fingerprint density at radius 3 is 2.81 bits per heavy atom. The first-order valence-electron chi connectivity index (χ1n) is 4.15. The molecule has 1 aromatic rings. The molecule has 2 N–H and O–H groups in total. The number of non-ortho nitro benzene ring substituents is 1. The van der Waals surface area contributed by atoms with Gasteiger partial charge in [0.05, 0.1) is 34.7 Å². The van der Waals surface area contributed by atoms with Gasteiger partial charge in [-0.3, -0.25) is 10.1 Å². The minimum Gasteiger partial charge on any atom is -0.395 e. The highest BCUT2D eigenvalue weighted by Gasteiger charge is 2.13. The summed E-state index contributed by atoms with van der Waals surface area (Å²) >= 11 is 0. The minimum absolute atomic E-state index is 0.0157. The van der Waals surface area contributed by atoms with E-state index in [2.05, 4.69) is 11.8 Å². The van der Waals surface area contributed by atoms with E-state index in [1.54, 1.807) is 6.07 Å². The van der Waals surface area contributed by atoms with Gasteiger partial charge in [0, 0.05) is 6.07 Å². The van der Waals surface area contributed by atoms with Gasteiger partial charge in [-0.1, -0.05) is 11.8 Å². The molecule has 5 nitrogen and oxygen atoms in total. The van der Waals surface area contributed by atoms with E-state index in [0.717, 1.165) is 12.1 Å². The normalized spacial score (nSPS) is 8.75. The van der Waals surface area contributed by atoms with E-state index in [1.165, 1.54) is 0 Å². The second-order valence-corrected chi connectivity index (χ2v) is 2.78. The van der Waals surface area contributed by atoms with Crippen molar-refractivity contribution in [2.75, 3.05) is 5.73 Å². The third-order valence-corrected chi connectivity index (χ3v) is 1.72. The van der Waals surface area contributed by atoms with Gasteiger partial charge in [-0.05, 0) is 0 Å². The molecule has 0 aliphatic rings. The average Bonchev–Trinajstić information content (AvgIpc) is 2.24. The molecular weight excluding hydrogens is 213 g/mol. The van der Waals surface area contributed by atoms with Crippen LogP contribution in [0.3, 0.4) is 0 Å². The van der Waals surface area contributed by atoms with E-state index in [0.29, 0.717) is 0 Å². The summed E-state index contributed by atoms with van der Waals surface area (Å²) in [5.74, 6) is 3.92. The highest BCUT2D eigenvalue weighted by Crippen LogP contribution is 2.22. The fourth-order valence-corrected chi connectivity index (χ4v) is 0.991. The molecule has 0 saturated heterocycles. The van der Waals surface area contributed by atoms with Gasteiger partial charge in [-0.25, -0.2) is 4.39 Å². The van der Waals surface area contributed by atoms with E-state index < -0.39 is 16.4 Å². The predicted octanol–water partition coefficient (Wildman–Crippen LogP) is 1.58. The summed E-state index contributed by atoms with van der Waals surface area (Å²) in [4.78, 5) is 9.71. The molecule has 0 bridgehead atoms. The minimum atomic E-state index is -0.893. The van der Waals surface area contributed by atoms with Crippen molar-refractivity contribution in [1.29, 1.82) is 5.26 Å². The molecule has 0 fully saturated rings. The molecular formula is C10H6FN3O2. The SMILES string of the molecule is N#CCC#Cc1cc([N+](=O)[O-])cc(F)c1N. The van der Waals surface area contributed by atoms with Crippen molar-refractivity contribution in [2.45, 2.75) is 6.42 Å². The van der Waals surface area contributed by atoms with E-state index in [-0.39, 0.29) is 17.7 Å². The van der Waals surface area contributed by atoms with Crippen LogP contribution in [-0.4, -0.2) is 4.92 Å². The zero-order valence-corrected chi connectivity index (χ0v) is 8.03. The molecule has 0 unspecified atom stereocenters. The number of anilines is 1. The van der Waals surface area contributed by atoms with Crippen molar-refractivity contribution < 1.29 is 9.31 Å². The number of nitro groups is 1. The molecule has 16 heavy (non-hydrogen) atoms. The largest absolute Gasteiger partial charge is 0.395 e. The molecule has 0 spiro atoms. The molecule has 1 aromatic carbocycles. The Kier molecular flexibility index (Phi) is 3.41. The van der Waals surface area contributed by atoms with E-state index in [9.17, 15) is 14.5 Å². The van der Waals surface area contributed by atoms with Crippen LogP contribution in [0.1, 0.15) is 12.0 Å². The zero-order valence-electron chi connectivity index (χ0n) is 8.03. The molecule has 0 aliphatic heterocycles. The number of nitrogen functional groups attached to an aromatic ring is 1. The van der Waals surface area contributed by atoms with Crippen LogP contribution in [-0.2, 0) is 0 Å². The Hall–Kier alpha value is -2.60. The third-order valence-electron chi connectivity index (χ3n) is 1.72. The number of nitro benzene ring substituents is 1. The van der Waals surface area contributed by atoms with Crippen LogP contribution < -0.4 is 5.73 Å². The maximum absolute atomic E-state index is 13.1. The molecule has 0 saturated carbocycles. The van der Waals surface area contributed by atoms with Gasteiger partial charge in [0.25, 0.3) is 5.69 Å². The van der Waals surface area contributed by atoms with Crippen LogP contribution in [0.4, 0.5) is 15.8 Å². The summed E-state index contributed by atoms with van der Waals surface area (Å²) in [7, 11) is 0. The van der Waals surface area contributed by atoms with Crippen LogP contribution in [0.15, 0.2) is 12.1 Å². The predicted molar refractivity (Wildman–Crippen MR) is 54.6 cm³/mol. The van der Waals surface area contributed by atoms with E-state index in [1.807, 2.05) is 0 Å². The summed E-state index contributed by atoms with van der Waals surface area (Å²) in [5.41, 5.74) is 4.69. The van der Waals surface area contributed by atoms with Crippen LogP contribution in [0.5, 0.6) is 0 Å². The Morgan fingerprint density at radius 2 is 2.25 bits per heavy atom. The fraction of sp³-hybridized carbons (Fsp3) is 0.100. The summed E-state index contributed by atoms with van der Waals surface area (Å²) in [6, 6.07) is 3.57. The highest BCUT2D eigenvalue weighted by atomic mass is 19.1. The average molecular weight is 219 g/mol. The molecule has 1 rings (SSSR count). The molecule has 0 radical (unpaired) electrons. The van der Waals surface area contributed by atoms with Crippen molar-refractivity contribution in [3.8, 4) is 17.9 Å². The Morgan fingerprint density at radius 1 is 1.56 bits per heavy atom. The van der Waals surface area contributed by atoms with Gasteiger partial charge in [0.1, 0.15) is 0 Å². The molecule has 0 amide bonds. The van der Waals surface area contributed by atoms with Crippen LogP contribution >= 0.6 is 0 Å². The Bertz CT molecular complexity index is 537. The van der Waals surface area contributed by atoms with Gasteiger partial charge >= 0.3 is 0 Å². The molecule has 6 heteroatoms. The molecule has 0 aliphatic carbocycles. The van der Waals surface area contributed by atoms with Crippen molar-refractivity contribution in [3.05, 3.63) is 33.6 Å². The summed E-state index contributed by atoms with van der Waals surface area (Å²) < 4.78 is 13.1. The number of benzene rings is 1. The molecule has 80 valence electrons. The van der Waals surface area contributed by atoms with E-state index in [4.69, 9.17) is 11.0 Å². The van der Waals surface area contributed by atoms with Gasteiger partial charge in [0.15, 0.2) is 5.82 Å². The number of nitrogens with zero attached hydrogens (tertiary/aromatic N) is 2. The number of rotatable bonds is 1. The molecule has 0 aromatic heterocycles.